The number of aryl methyl sites for hydroxylation is 1. The molecule has 8 nitrogen and oxygen atoms in total. The van der Waals surface area contributed by atoms with Crippen molar-refractivity contribution in [2.45, 2.75) is 31.8 Å². The van der Waals surface area contributed by atoms with Crippen LogP contribution in [0.25, 0.3) is 0 Å². The minimum Gasteiger partial charge on any atom is -0.352 e. The maximum Gasteiger partial charge on any atom is 0.236 e. The Morgan fingerprint density at radius 1 is 1.40 bits per heavy atom. The van der Waals surface area contributed by atoms with Gasteiger partial charge in [0.25, 0.3) is 0 Å². The molecule has 2 amide bonds. The molecule has 2 fully saturated rings. The lowest BCUT2D eigenvalue weighted by atomic mass is 10.1. The summed E-state index contributed by atoms with van der Waals surface area (Å²) < 4.78 is 2.02. The fourth-order valence-electron chi connectivity index (χ4n) is 3.77. The van der Waals surface area contributed by atoms with Gasteiger partial charge in [0.1, 0.15) is 5.82 Å². The summed E-state index contributed by atoms with van der Waals surface area (Å²) in [6, 6.07) is 0.178. The van der Waals surface area contributed by atoms with E-state index in [0.717, 1.165) is 44.8 Å². The second kappa shape index (κ2) is 7.97. The highest BCUT2D eigenvalue weighted by atomic mass is 16.2. The number of hydrogen-bond donors (Lipinski definition) is 2. The number of piperidine rings is 1. The summed E-state index contributed by atoms with van der Waals surface area (Å²) >= 11 is 0. The fourth-order valence-corrected chi connectivity index (χ4v) is 3.77. The van der Waals surface area contributed by atoms with Gasteiger partial charge in [0, 0.05) is 65.1 Å². The van der Waals surface area contributed by atoms with Crippen molar-refractivity contribution in [3.8, 4) is 0 Å². The zero-order valence-corrected chi connectivity index (χ0v) is 15.1. The standard InChI is InChI=1S/C17H28N6O2/c1-13(24)20-14-4-3-7-23(11-14)16(25)12-22-9-5-18-10-15(22)17-19-6-8-21(17)2/h6,8,14-15,18H,3-5,7,9-12H2,1-2H3,(H,20,24). The first-order chi connectivity index (χ1) is 12.0. The molecule has 2 atom stereocenters. The van der Waals surface area contributed by atoms with Gasteiger partial charge in [0.15, 0.2) is 0 Å². The molecule has 138 valence electrons. The smallest absolute Gasteiger partial charge is 0.236 e. The first-order valence-electron chi connectivity index (χ1n) is 9.01. The van der Waals surface area contributed by atoms with E-state index in [2.05, 4.69) is 20.5 Å². The molecule has 0 aliphatic carbocycles. The van der Waals surface area contributed by atoms with Gasteiger partial charge >= 0.3 is 0 Å². The third kappa shape index (κ3) is 4.38. The van der Waals surface area contributed by atoms with Crippen molar-refractivity contribution < 1.29 is 9.59 Å². The van der Waals surface area contributed by atoms with Crippen LogP contribution >= 0.6 is 0 Å². The molecule has 3 heterocycles. The summed E-state index contributed by atoms with van der Waals surface area (Å²) in [6.45, 7) is 5.80. The average molecular weight is 348 g/mol. The van der Waals surface area contributed by atoms with E-state index in [-0.39, 0.29) is 23.9 Å². The van der Waals surface area contributed by atoms with Crippen molar-refractivity contribution in [2.75, 3.05) is 39.3 Å². The molecular weight excluding hydrogens is 320 g/mol. The van der Waals surface area contributed by atoms with E-state index in [1.54, 1.807) is 6.20 Å². The average Bonchev–Trinajstić information content (AvgIpc) is 3.01. The predicted molar refractivity (Wildman–Crippen MR) is 93.8 cm³/mol. The number of likely N-dealkylation sites (tertiary alicyclic amines) is 1. The minimum absolute atomic E-state index is 0.0312. The molecule has 3 rings (SSSR count). The van der Waals surface area contributed by atoms with Crippen LogP contribution in [0.15, 0.2) is 12.4 Å². The first-order valence-corrected chi connectivity index (χ1v) is 9.01. The summed E-state index contributed by atoms with van der Waals surface area (Å²) in [5.41, 5.74) is 0. The van der Waals surface area contributed by atoms with Crippen molar-refractivity contribution in [3.05, 3.63) is 18.2 Å². The van der Waals surface area contributed by atoms with Gasteiger partial charge in [0.05, 0.1) is 12.6 Å². The number of rotatable bonds is 4. The van der Waals surface area contributed by atoms with E-state index in [4.69, 9.17) is 0 Å². The van der Waals surface area contributed by atoms with Crippen LogP contribution in [0.3, 0.4) is 0 Å². The summed E-state index contributed by atoms with van der Waals surface area (Å²) in [5.74, 6) is 1.09. The molecule has 0 bridgehead atoms. The number of carbonyl (C=O) groups is 2. The van der Waals surface area contributed by atoms with Crippen molar-refractivity contribution >= 4 is 11.8 Å². The molecule has 0 saturated carbocycles. The summed E-state index contributed by atoms with van der Waals surface area (Å²) in [6.07, 6.45) is 5.60. The highest BCUT2D eigenvalue weighted by Gasteiger charge is 2.31. The molecule has 25 heavy (non-hydrogen) atoms. The monoisotopic (exact) mass is 348 g/mol. The van der Waals surface area contributed by atoms with Gasteiger partial charge in [-0.2, -0.15) is 0 Å². The van der Waals surface area contributed by atoms with Gasteiger partial charge in [-0.1, -0.05) is 0 Å². The van der Waals surface area contributed by atoms with Gasteiger partial charge in [0.2, 0.25) is 11.8 Å². The Balaban J connectivity index is 1.62. The topological polar surface area (TPSA) is 82.5 Å². The number of imidazole rings is 1. The molecule has 1 aromatic heterocycles. The normalized spacial score (nSPS) is 25.0. The SMILES string of the molecule is CC(=O)NC1CCCN(C(=O)CN2CCNCC2c2nccn2C)C1. The predicted octanol–water partition coefficient (Wildman–Crippen LogP) is -0.506. The fraction of sp³-hybridized carbons (Fsp3) is 0.706. The van der Waals surface area contributed by atoms with Crippen molar-refractivity contribution in [2.24, 2.45) is 7.05 Å². The van der Waals surface area contributed by atoms with E-state index >= 15 is 0 Å². The lowest BCUT2D eigenvalue weighted by molar-refractivity contribution is -0.135. The van der Waals surface area contributed by atoms with Crippen LogP contribution in [-0.4, -0.2) is 76.5 Å². The Bertz CT molecular complexity index is 616. The summed E-state index contributed by atoms with van der Waals surface area (Å²) in [7, 11) is 1.99. The zero-order chi connectivity index (χ0) is 17.8. The summed E-state index contributed by atoms with van der Waals surface area (Å²) in [4.78, 5) is 32.7. The number of nitrogens with zero attached hydrogens (tertiary/aromatic N) is 4. The van der Waals surface area contributed by atoms with Crippen LogP contribution in [-0.2, 0) is 16.6 Å². The number of nitrogens with one attached hydrogen (secondary N) is 2. The number of aromatic nitrogens is 2. The van der Waals surface area contributed by atoms with Gasteiger partial charge in [-0.05, 0) is 12.8 Å². The van der Waals surface area contributed by atoms with Gasteiger partial charge in [-0.25, -0.2) is 4.98 Å². The van der Waals surface area contributed by atoms with Crippen LogP contribution in [0.5, 0.6) is 0 Å². The molecule has 2 aliphatic rings. The number of carbonyl (C=O) groups excluding carboxylic acids is 2. The Morgan fingerprint density at radius 3 is 2.96 bits per heavy atom. The lowest BCUT2D eigenvalue weighted by Crippen LogP contribution is -2.54. The van der Waals surface area contributed by atoms with Crippen LogP contribution in [0.1, 0.15) is 31.6 Å². The van der Waals surface area contributed by atoms with E-state index < -0.39 is 0 Å². The van der Waals surface area contributed by atoms with Crippen molar-refractivity contribution in [1.82, 2.24) is 30.0 Å². The Morgan fingerprint density at radius 2 is 2.24 bits per heavy atom. The molecule has 2 saturated heterocycles. The molecular formula is C17H28N6O2. The van der Waals surface area contributed by atoms with Crippen molar-refractivity contribution in [3.63, 3.8) is 0 Å². The third-order valence-corrected chi connectivity index (χ3v) is 5.03. The Kier molecular flexibility index (Phi) is 5.70. The lowest BCUT2D eigenvalue weighted by Gasteiger charge is -2.38. The van der Waals surface area contributed by atoms with Crippen LogP contribution in [0, 0.1) is 0 Å². The van der Waals surface area contributed by atoms with E-state index in [1.165, 1.54) is 6.92 Å². The van der Waals surface area contributed by atoms with Crippen molar-refractivity contribution in [1.29, 1.82) is 0 Å². The van der Waals surface area contributed by atoms with Gasteiger partial charge in [-0.3, -0.25) is 14.5 Å². The molecule has 0 radical (unpaired) electrons. The van der Waals surface area contributed by atoms with E-state index in [9.17, 15) is 9.59 Å². The molecule has 8 heteroatoms. The van der Waals surface area contributed by atoms with Gasteiger partial charge in [-0.15, -0.1) is 0 Å². The maximum absolute atomic E-state index is 12.8. The maximum atomic E-state index is 12.8. The molecule has 0 spiro atoms. The Hall–Kier alpha value is -1.93. The largest absolute Gasteiger partial charge is 0.352 e. The Labute approximate surface area is 148 Å². The molecule has 2 aliphatic heterocycles. The van der Waals surface area contributed by atoms with E-state index in [0.29, 0.717) is 13.1 Å². The molecule has 0 aromatic carbocycles. The van der Waals surface area contributed by atoms with Crippen LogP contribution in [0.4, 0.5) is 0 Å². The first kappa shape index (κ1) is 17.9. The molecule has 2 unspecified atom stereocenters. The minimum atomic E-state index is -0.0312. The van der Waals surface area contributed by atoms with Gasteiger partial charge < -0.3 is 20.1 Å². The molecule has 2 N–H and O–H groups in total. The number of hydrogen-bond acceptors (Lipinski definition) is 5. The quantitative estimate of drug-likeness (QED) is 0.766. The highest BCUT2D eigenvalue weighted by Crippen LogP contribution is 2.21. The number of piperazine rings is 1. The van der Waals surface area contributed by atoms with Crippen LogP contribution in [0.2, 0.25) is 0 Å². The van der Waals surface area contributed by atoms with Crippen LogP contribution < -0.4 is 10.6 Å². The second-order valence-corrected chi connectivity index (χ2v) is 6.97. The third-order valence-electron chi connectivity index (χ3n) is 5.03. The highest BCUT2D eigenvalue weighted by molar-refractivity contribution is 5.79. The number of amides is 2. The summed E-state index contributed by atoms with van der Waals surface area (Å²) in [5, 5.41) is 6.33. The molecule has 1 aromatic rings. The zero-order valence-electron chi connectivity index (χ0n) is 15.1. The van der Waals surface area contributed by atoms with E-state index in [1.807, 2.05) is 22.7 Å². The second-order valence-electron chi connectivity index (χ2n) is 6.97.